The van der Waals surface area contributed by atoms with E-state index in [-0.39, 0.29) is 11.9 Å². The molecule has 4 heterocycles. The van der Waals surface area contributed by atoms with Gasteiger partial charge in [0, 0.05) is 62.5 Å². The third kappa shape index (κ3) is 6.00. The number of carbonyl (C=O) groups is 1. The Morgan fingerprint density at radius 2 is 1.89 bits per heavy atom. The molecule has 6 aromatic rings. The smallest absolute Gasteiger partial charge is 0.333 e. The molecule has 0 aliphatic rings. The SMILES string of the molecule is C=CC(=O)NCc1ccc(-c2sc3c(-c4cnn(C(F)F)c4)cnc(N)c3c2-c2ccc(Oc3nccc(C)n3)cc2)c(C)c1. The van der Waals surface area contributed by atoms with Gasteiger partial charge >= 0.3 is 12.6 Å². The highest BCUT2D eigenvalue weighted by Gasteiger charge is 2.23. The van der Waals surface area contributed by atoms with Crippen molar-refractivity contribution < 1.29 is 18.3 Å². The molecular formula is C33H27F2N7O2S. The van der Waals surface area contributed by atoms with E-state index < -0.39 is 6.55 Å². The number of nitrogens with zero attached hydrogens (tertiary/aromatic N) is 5. The number of rotatable bonds is 9. The molecule has 12 heteroatoms. The van der Waals surface area contributed by atoms with Crippen LogP contribution in [0.2, 0.25) is 0 Å². The lowest BCUT2D eigenvalue weighted by Crippen LogP contribution is -2.19. The maximum absolute atomic E-state index is 13.4. The van der Waals surface area contributed by atoms with Crippen molar-refractivity contribution in [1.82, 2.24) is 30.0 Å². The zero-order valence-electron chi connectivity index (χ0n) is 24.3. The number of aromatic nitrogens is 5. The van der Waals surface area contributed by atoms with Crippen molar-refractivity contribution >= 4 is 33.1 Å². The molecule has 1 amide bonds. The van der Waals surface area contributed by atoms with E-state index in [9.17, 15) is 13.6 Å². The molecule has 226 valence electrons. The first-order valence-electron chi connectivity index (χ1n) is 13.8. The molecular weight excluding hydrogens is 596 g/mol. The number of benzene rings is 2. The average molecular weight is 624 g/mol. The molecule has 0 unspecified atom stereocenters. The van der Waals surface area contributed by atoms with Crippen LogP contribution in [0.4, 0.5) is 14.6 Å². The summed E-state index contributed by atoms with van der Waals surface area (Å²) in [5.74, 6) is 0.608. The summed E-state index contributed by atoms with van der Waals surface area (Å²) in [6.07, 6.45) is 7.15. The van der Waals surface area contributed by atoms with Crippen LogP contribution in [0, 0.1) is 13.8 Å². The fraction of sp³-hybridized carbons (Fsp3) is 0.121. The predicted molar refractivity (Wildman–Crippen MR) is 171 cm³/mol. The molecule has 0 saturated heterocycles. The number of hydrogen-bond acceptors (Lipinski definition) is 8. The third-order valence-electron chi connectivity index (χ3n) is 7.17. The highest BCUT2D eigenvalue weighted by molar-refractivity contribution is 7.23. The van der Waals surface area contributed by atoms with Gasteiger partial charge < -0.3 is 15.8 Å². The molecule has 0 fully saturated rings. The molecule has 0 radical (unpaired) electrons. The molecule has 9 nitrogen and oxygen atoms in total. The van der Waals surface area contributed by atoms with Crippen molar-refractivity contribution in [3.63, 3.8) is 0 Å². The van der Waals surface area contributed by atoms with Crippen LogP contribution in [-0.4, -0.2) is 30.6 Å². The average Bonchev–Trinajstić information content (AvgIpc) is 3.67. The van der Waals surface area contributed by atoms with Crippen LogP contribution < -0.4 is 15.8 Å². The van der Waals surface area contributed by atoms with Gasteiger partial charge in [0.25, 0.3) is 0 Å². The number of nitrogens with one attached hydrogen (secondary N) is 1. The van der Waals surface area contributed by atoms with Crippen molar-refractivity contribution in [1.29, 1.82) is 0 Å². The molecule has 4 aromatic heterocycles. The minimum atomic E-state index is -2.77. The number of aryl methyl sites for hydroxylation is 2. The van der Waals surface area contributed by atoms with Crippen LogP contribution in [0.1, 0.15) is 23.4 Å². The van der Waals surface area contributed by atoms with Gasteiger partial charge in [0.2, 0.25) is 5.91 Å². The van der Waals surface area contributed by atoms with Crippen LogP contribution in [0.15, 0.2) is 86.0 Å². The number of carbonyl (C=O) groups excluding carboxylic acids is 1. The summed E-state index contributed by atoms with van der Waals surface area (Å²) < 4.78 is 34.1. The molecule has 6 rings (SSSR count). The number of thiophene rings is 1. The summed E-state index contributed by atoms with van der Waals surface area (Å²) >= 11 is 1.50. The zero-order valence-corrected chi connectivity index (χ0v) is 25.1. The normalized spacial score (nSPS) is 11.2. The van der Waals surface area contributed by atoms with Crippen molar-refractivity contribution in [2.75, 3.05) is 5.73 Å². The first-order valence-corrected chi connectivity index (χ1v) is 14.6. The predicted octanol–water partition coefficient (Wildman–Crippen LogP) is 7.47. The molecule has 2 aromatic carbocycles. The third-order valence-corrected chi connectivity index (χ3v) is 8.42. The molecule has 0 saturated carbocycles. The van der Waals surface area contributed by atoms with E-state index in [2.05, 4.69) is 31.9 Å². The second-order valence-corrected chi connectivity index (χ2v) is 11.3. The number of nitrogens with two attached hydrogens (primary N) is 1. The standard InChI is InChI=1S/C33H27F2N7O2S/c1-4-26(43)38-14-20-5-10-24(18(2)13-20)29-27(21-6-8-23(9-7-21)44-33-37-12-11-19(3)41-33)28-30(45-29)25(16-39-31(28)36)22-15-40-42(17-22)32(34)35/h4-13,15-17,32H,1,14H2,2-3H3,(H2,36,39)(H,38,43). The van der Waals surface area contributed by atoms with Gasteiger partial charge in [-0.15, -0.1) is 11.3 Å². The monoisotopic (exact) mass is 623 g/mol. The lowest BCUT2D eigenvalue weighted by atomic mass is 9.95. The number of alkyl halides is 2. The Kier molecular flexibility index (Phi) is 8.05. The van der Waals surface area contributed by atoms with E-state index in [1.807, 2.05) is 56.3 Å². The fourth-order valence-electron chi connectivity index (χ4n) is 5.00. The Labute approximate surface area is 261 Å². The number of pyridine rings is 1. The van der Waals surface area contributed by atoms with Gasteiger partial charge in [0.1, 0.15) is 11.6 Å². The number of amides is 1. The molecule has 3 N–H and O–H groups in total. The lowest BCUT2D eigenvalue weighted by Gasteiger charge is -2.12. The van der Waals surface area contributed by atoms with Crippen molar-refractivity contribution in [2.24, 2.45) is 0 Å². The minimum absolute atomic E-state index is 0.242. The molecule has 0 spiro atoms. The molecule has 0 aliphatic carbocycles. The molecule has 45 heavy (non-hydrogen) atoms. The topological polar surface area (TPSA) is 121 Å². The van der Waals surface area contributed by atoms with Gasteiger partial charge in [-0.05, 0) is 60.4 Å². The van der Waals surface area contributed by atoms with Gasteiger partial charge in [0.15, 0.2) is 0 Å². The van der Waals surface area contributed by atoms with Crippen LogP contribution in [0.25, 0.3) is 42.8 Å². The Hall–Kier alpha value is -5.49. The summed E-state index contributed by atoms with van der Waals surface area (Å²) in [7, 11) is 0. The maximum atomic E-state index is 13.4. The summed E-state index contributed by atoms with van der Waals surface area (Å²) in [5, 5.41) is 7.33. The second-order valence-electron chi connectivity index (χ2n) is 10.2. The van der Waals surface area contributed by atoms with E-state index >= 15 is 0 Å². The fourth-order valence-corrected chi connectivity index (χ4v) is 6.45. The summed E-state index contributed by atoms with van der Waals surface area (Å²) in [6, 6.07) is 15.5. The van der Waals surface area contributed by atoms with Crippen LogP contribution in [0.3, 0.4) is 0 Å². The van der Waals surface area contributed by atoms with E-state index in [0.717, 1.165) is 43.1 Å². The van der Waals surface area contributed by atoms with Crippen molar-refractivity contribution in [3.8, 4) is 44.5 Å². The Morgan fingerprint density at radius 1 is 1.09 bits per heavy atom. The van der Waals surface area contributed by atoms with Gasteiger partial charge in [-0.3, -0.25) is 4.79 Å². The van der Waals surface area contributed by atoms with E-state index in [1.54, 1.807) is 18.5 Å². The Morgan fingerprint density at radius 3 is 2.58 bits per heavy atom. The van der Waals surface area contributed by atoms with E-state index in [4.69, 9.17) is 10.5 Å². The number of ether oxygens (including phenoxy) is 1. The van der Waals surface area contributed by atoms with Crippen molar-refractivity contribution in [3.05, 3.63) is 103 Å². The number of anilines is 1. The summed E-state index contributed by atoms with van der Waals surface area (Å²) in [5.41, 5.74) is 13.0. The Balaban J connectivity index is 1.50. The molecule has 0 bridgehead atoms. The van der Waals surface area contributed by atoms with E-state index in [1.165, 1.54) is 29.8 Å². The van der Waals surface area contributed by atoms with E-state index in [0.29, 0.717) is 39.3 Å². The summed E-state index contributed by atoms with van der Waals surface area (Å²) in [6.45, 7) is 4.94. The number of halogens is 2. The Bertz CT molecular complexity index is 2050. The van der Waals surface area contributed by atoms with Crippen LogP contribution >= 0.6 is 11.3 Å². The molecule has 0 aliphatic heterocycles. The zero-order chi connectivity index (χ0) is 31.7. The first-order chi connectivity index (χ1) is 21.7. The van der Waals surface area contributed by atoms with Gasteiger partial charge in [0.05, 0.1) is 6.20 Å². The van der Waals surface area contributed by atoms with Crippen molar-refractivity contribution in [2.45, 2.75) is 26.9 Å². The largest absolute Gasteiger partial charge is 0.424 e. The molecule has 0 atom stereocenters. The first kappa shape index (κ1) is 29.6. The van der Waals surface area contributed by atoms with Gasteiger partial charge in [-0.25, -0.2) is 19.6 Å². The van der Waals surface area contributed by atoms with Crippen LogP contribution in [0.5, 0.6) is 11.8 Å². The highest BCUT2D eigenvalue weighted by atomic mass is 32.1. The lowest BCUT2D eigenvalue weighted by molar-refractivity contribution is -0.116. The van der Waals surface area contributed by atoms with Gasteiger partial charge in [-0.1, -0.05) is 36.9 Å². The highest BCUT2D eigenvalue weighted by Crippen LogP contribution is 2.50. The van der Waals surface area contributed by atoms with Gasteiger partial charge in [-0.2, -0.15) is 13.9 Å². The van der Waals surface area contributed by atoms with Crippen LogP contribution in [-0.2, 0) is 11.3 Å². The number of fused-ring (bicyclic) bond motifs is 1. The summed E-state index contributed by atoms with van der Waals surface area (Å²) in [4.78, 5) is 25.6. The number of nitrogen functional groups attached to an aromatic ring is 1. The quantitative estimate of drug-likeness (QED) is 0.160. The second kappa shape index (κ2) is 12.2. The minimum Gasteiger partial charge on any atom is -0.424 e. The maximum Gasteiger partial charge on any atom is 0.333 e. The number of hydrogen-bond donors (Lipinski definition) is 2.